The van der Waals surface area contributed by atoms with Gasteiger partial charge in [0.25, 0.3) is 0 Å². The van der Waals surface area contributed by atoms with Gasteiger partial charge in [-0.25, -0.2) is 4.79 Å². The Morgan fingerprint density at radius 3 is 2.95 bits per heavy atom. The molecule has 0 bridgehead atoms. The fourth-order valence-corrected chi connectivity index (χ4v) is 4.04. The Hall–Kier alpha value is -1.86. The van der Waals surface area contributed by atoms with Crippen LogP contribution in [0.1, 0.15) is 6.92 Å². The molecule has 2 fully saturated rings. The molecule has 3 heterocycles. The standard InChI is InChI=1S/C15H16O7/c1-6(16)9-11-15(22-13(9)18)4-3-7-8(12(17)19-2)5-20-14(21-11)10(7)15/h3-7,9-11,14,16H,1-2H3/t6-,7+,9-,10+,11-,14-,15-/m0/s1. The largest absolute Gasteiger partial charge is 0.471 e. The van der Waals surface area contributed by atoms with Crippen molar-refractivity contribution in [2.75, 3.05) is 7.11 Å². The molecule has 0 aromatic carbocycles. The third kappa shape index (κ3) is 1.47. The lowest BCUT2D eigenvalue weighted by molar-refractivity contribution is -0.166. The first-order valence-electron chi connectivity index (χ1n) is 7.19. The van der Waals surface area contributed by atoms with Crippen LogP contribution in [0.15, 0.2) is 24.0 Å². The summed E-state index contributed by atoms with van der Waals surface area (Å²) in [5.74, 6) is -2.37. The van der Waals surface area contributed by atoms with Crippen molar-refractivity contribution >= 4 is 11.9 Å². The first kappa shape index (κ1) is 13.8. The lowest BCUT2D eigenvalue weighted by atomic mass is 9.77. The van der Waals surface area contributed by atoms with E-state index in [0.717, 1.165) is 0 Å². The van der Waals surface area contributed by atoms with E-state index in [1.165, 1.54) is 20.3 Å². The van der Waals surface area contributed by atoms with Crippen LogP contribution in [-0.4, -0.2) is 48.3 Å². The molecular formula is C15H16O7. The van der Waals surface area contributed by atoms with Gasteiger partial charge in [0.1, 0.15) is 12.0 Å². The molecule has 4 aliphatic rings. The van der Waals surface area contributed by atoms with Crippen molar-refractivity contribution in [3.63, 3.8) is 0 Å². The topological polar surface area (TPSA) is 91.3 Å². The fraction of sp³-hybridized carbons (Fsp3) is 0.600. The number of methoxy groups -OCH3 is 1. The number of rotatable bonds is 2. The second-order valence-corrected chi connectivity index (χ2v) is 6.08. The first-order chi connectivity index (χ1) is 10.5. The summed E-state index contributed by atoms with van der Waals surface area (Å²) in [6.45, 7) is 1.53. The summed E-state index contributed by atoms with van der Waals surface area (Å²) in [5, 5.41) is 9.87. The van der Waals surface area contributed by atoms with Crippen molar-refractivity contribution in [3.05, 3.63) is 24.0 Å². The predicted molar refractivity (Wildman–Crippen MR) is 70.0 cm³/mol. The second-order valence-electron chi connectivity index (χ2n) is 6.08. The molecule has 0 aromatic heterocycles. The summed E-state index contributed by atoms with van der Waals surface area (Å²) >= 11 is 0. The van der Waals surface area contributed by atoms with Crippen LogP contribution in [0.3, 0.4) is 0 Å². The lowest BCUT2D eigenvalue weighted by Gasteiger charge is -2.32. The maximum Gasteiger partial charge on any atom is 0.337 e. The molecule has 7 heteroatoms. The normalized spacial score (nSPS) is 45.5. The smallest absolute Gasteiger partial charge is 0.337 e. The highest BCUT2D eigenvalue weighted by atomic mass is 16.7. The van der Waals surface area contributed by atoms with Gasteiger partial charge in [0, 0.05) is 5.92 Å². The minimum Gasteiger partial charge on any atom is -0.471 e. The SMILES string of the molecule is COC(=O)C1=CO[C@H]2O[C@H]3[C@H]([C@H](C)O)C(=O)O[C@]34C=C[C@H]1[C@H]24. The van der Waals surface area contributed by atoms with E-state index in [0.29, 0.717) is 5.57 Å². The van der Waals surface area contributed by atoms with E-state index < -0.39 is 42.0 Å². The fourth-order valence-electron chi connectivity index (χ4n) is 4.04. The molecule has 0 radical (unpaired) electrons. The van der Waals surface area contributed by atoms with Crippen molar-refractivity contribution in [1.82, 2.24) is 0 Å². The molecule has 1 N–H and O–H groups in total. The van der Waals surface area contributed by atoms with Gasteiger partial charge in [-0.2, -0.15) is 0 Å². The van der Waals surface area contributed by atoms with E-state index in [1.807, 2.05) is 6.08 Å². The number of esters is 2. The number of hydrogen-bond acceptors (Lipinski definition) is 7. The van der Waals surface area contributed by atoms with Gasteiger partial charge < -0.3 is 24.1 Å². The Morgan fingerprint density at radius 1 is 1.50 bits per heavy atom. The minimum atomic E-state index is -0.985. The predicted octanol–water partition coefficient (Wildman–Crippen LogP) is -0.107. The average molecular weight is 308 g/mol. The van der Waals surface area contributed by atoms with E-state index >= 15 is 0 Å². The van der Waals surface area contributed by atoms with Crippen LogP contribution in [0.4, 0.5) is 0 Å². The van der Waals surface area contributed by atoms with Crippen LogP contribution in [0.2, 0.25) is 0 Å². The highest BCUT2D eigenvalue weighted by molar-refractivity contribution is 5.90. The lowest BCUT2D eigenvalue weighted by Crippen LogP contribution is -2.44. The molecule has 1 aliphatic carbocycles. The highest BCUT2D eigenvalue weighted by Gasteiger charge is 2.72. The van der Waals surface area contributed by atoms with Gasteiger partial charge in [-0.05, 0) is 13.0 Å². The molecule has 2 saturated heterocycles. The molecule has 0 saturated carbocycles. The number of allylic oxidation sites excluding steroid dienone is 1. The maximum absolute atomic E-state index is 12.1. The third-order valence-electron chi connectivity index (χ3n) is 5.00. The number of ether oxygens (including phenoxy) is 4. The molecule has 7 atom stereocenters. The molecule has 22 heavy (non-hydrogen) atoms. The Bertz CT molecular complexity index is 607. The quantitative estimate of drug-likeness (QED) is 0.562. The van der Waals surface area contributed by atoms with Gasteiger partial charge >= 0.3 is 11.9 Å². The number of carbonyl (C=O) groups excluding carboxylic acids is 2. The Labute approximate surface area is 126 Å². The average Bonchev–Trinajstić information content (AvgIpc) is 3.07. The summed E-state index contributed by atoms with van der Waals surface area (Å²) in [6.07, 6.45) is 2.81. The minimum absolute atomic E-state index is 0.295. The molecule has 0 unspecified atom stereocenters. The molecule has 0 amide bonds. The number of aliphatic hydroxyl groups is 1. The van der Waals surface area contributed by atoms with E-state index in [9.17, 15) is 14.7 Å². The molecule has 118 valence electrons. The van der Waals surface area contributed by atoms with Gasteiger partial charge in [-0.15, -0.1) is 0 Å². The number of aliphatic hydroxyl groups excluding tert-OH is 1. The second kappa shape index (κ2) is 4.33. The van der Waals surface area contributed by atoms with Crippen LogP contribution in [0.25, 0.3) is 0 Å². The Morgan fingerprint density at radius 2 is 2.27 bits per heavy atom. The van der Waals surface area contributed by atoms with Crippen molar-refractivity contribution in [3.8, 4) is 0 Å². The van der Waals surface area contributed by atoms with Crippen LogP contribution >= 0.6 is 0 Å². The van der Waals surface area contributed by atoms with Gasteiger partial charge in [0.05, 0.1) is 31.0 Å². The molecular weight excluding hydrogens is 292 g/mol. The summed E-state index contributed by atoms with van der Waals surface area (Å²) in [5.41, 5.74) is -0.612. The molecule has 7 nitrogen and oxygen atoms in total. The van der Waals surface area contributed by atoms with E-state index in [4.69, 9.17) is 18.9 Å². The molecule has 1 spiro atoms. The van der Waals surface area contributed by atoms with Gasteiger partial charge in [-0.1, -0.05) is 6.08 Å². The zero-order valence-electron chi connectivity index (χ0n) is 12.1. The molecule has 3 aliphatic heterocycles. The zero-order valence-corrected chi connectivity index (χ0v) is 12.1. The van der Waals surface area contributed by atoms with Crippen molar-refractivity contribution < 1.29 is 33.6 Å². The Kier molecular flexibility index (Phi) is 2.71. The third-order valence-corrected chi connectivity index (χ3v) is 5.00. The highest BCUT2D eigenvalue weighted by Crippen LogP contribution is 2.58. The van der Waals surface area contributed by atoms with Crippen molar-refractivity contribution in [2.45, 2.75) is 31.0 Å². The maximum atomic E-state index is 12.1. The molecule has 0 aromatic rings. The van der Waals surface area contributed by atoms with Gasteiger partial charge in [0.15, 0.2) is 5.60 Å². The van der Waals surface area contributed by atoms with Crippen molar-refractivity contribution in [1.29, 1.82) is 0 Å². The van der Waals surface area contributed by atoms with Crippen LogP contribution < -0.4 is 0 Å². The van der Waals surface area contributed by atoms with Crippen LogP contribution in [0, 0.1) is 17.8 Å². The summed E-state index contributed by atoms with van der Waals surface area (Å²) in [6, 6.07) is 0. The Balaban J connectivity index is 1.74. The van der Waals surface area contributed by atoms with Crippen LogP contribution in [-0.2, 0) is 28.5 Å². The number of hydrogen-bond donors (Lipinski definition) is 1. The monoisotopic (exact) mass is 308 g/mol. The first-order valence-corrected chi connectivity index (χ1v) is 7.19. The zero-order chi connectivity index (χ0) is 15.6. The van der Waals surface area contributed by atoms with Crippen molar-refractivity contribution in [2.24, 2.45) is 17.8 Å². The number of carbonyl (C=O) groups is 2. The molecule has 4 rings (SSSR count). The van der Waals surface area contributed by atoms with E-state index in [2.05, 4.69) is 0 Å². The summed E-state index contributed by atoms with van der Waals surface area (Å²) in [7, 11) is 1.30. The summed E-state index contributed by atoms with van der Waals surface area (Å²) in [4.78, 5) is 24.0. The van der Waals surface area contributed by atoms with Gasteiger partial charge in [0.2, 0.25) is 6.29 Å². The van der Waals surface area contributed by atoms with E-state index in [-0.39, 0.29) is 11.8 Å². The van der Waals surface area contributed by atoms with Gasteiger partial charge in [-0.3, -0.25) is 4.79 Å². The summed E-state index contributed by atoms with van der Waals surface area (Å²) < 4.78 is 21.7. The van der Waals surface area contributed by atoms with Crippen LogP contribution in [0.5, 0.6) is 0 Å². The van der Waals surface area contributed by atoms with E-state index in [1.54, 1.807) is 6.08 Å².